The van der Waals surface area contributed by atoms with Gasteiger partial charge in [0.15, 0.2) is 8.07 Å². The molecule has 1 radical (unpaired) electrons. The first-order valence-electron chi connectivity index (χ1n) is 11.1. The zero-order chi connectivity index (χ0) is 23.2. The van der Waals surface area contributed by atoms with Crippen LogP contribution in [0.2, 0.25) is 0 Å². The Bertz CT molecular complexity index is 1270. The first-order chi connectivity index (χ1) is 16.8. The molecule has 5 rings (SSSR count). The molecule has 0 saturated heterocycles. The lowest BCUT2D eigenvalue weighted by Gasteiger charge is -2.34. The van der Waals surface area contributed by atoms with Crippen molar-refractivity contribution in [1.29, 1.82) is 0 Å². The van der Waals surface area contributed by atoms with Crippen molar-refractivity contribution in [3.63, 3.8) is 0 Å². The van der Waals surface area contributed by atoms with Crippen LogP contribution >= 0.6 is 0 Å². The SMILES string of the molecule is O[B]Oc1nccc(-c2cccc([Si](c3ccccc3)(c3ccccc3)c3ccccc3)c2)n1. The molecule has 0 aliphatic rings. The van der Waals surface area contributed by atoms with E-state index in [1.165, 1.54) is 20.7 Å². The topological polar surface area (TPSA) is 55.2 Å². The predicted octanol–water partition coefficient (Wildman–Crippen LogP) is 2.43. The highest BCUT2D eigenvalue weighted by Crippen LogP contribution is 2.19. The molecule has 0 atom stereocenters. The maximum Gasteiger partial charge on any atom is 0.571 e. The summed E-state index contributed by atoms with van der Waals surface area (Å²) in [7, 11) is -2.02. The van der Waals surface area contributed by atoms with E-state index in [0.29, 0.717) is 7.69 Å². The number of hydrogen-bond acceptors (Lipinski definition) is 4. The van der Waals surface area contributed by atoms with Gasteiger partial charge in [0.25, 0.3) is 6.01 Å². The molecule has 1 aromatic heterocycles. The Balaban J connectivity index is 1.79. The summed E-state index contributed by atoms with van der Waals surface area (Å²) in [5.41, 5.74) is 1.69. The van der Waals surface area contributed by atoms with Gasteiger partial charge >= 0.3 is 7.69 Å². The Hall–Kier alpha value is -4.00. The van der Waals surface area contributed by atoms with E-state index in [-0.39, 0.29) is 6.01 Å². The minimum absolute atomic E-state index is 0.100. The van der Waals surface area contributed by atoms with Gasteiger partial charge in [0.1, 0.15) is 0 Å². The van der Waals surface area contributed by atoms with E-state index >= 15 is 0 Å². The van der Waals surface area contributed by atoms with Gasteiger partial charge in [0.05, 0.1) is 5.69 Å². The summed E-state index contributed by atoms with van der Waals surface area (Å²) in [6, 6.07) is 42.9. The van der Waals surface area contributed by atoms with Crippen LogP contribution in [0.3, 0.4) is 0 Å². The summed E-state index contributed by atoms with van der Waals surface area (Å²) < 4.78 is 4.99. The van der Waals surface area contributed by atoms with Crippen molar-refractivity contribution >= 4 is 36.5 Å². The van der Waals surface area contributed by atoms with E-state index in [1.54, 1.807) is 6.20 Å². The molecule has 4 nitrogen and oxygen atoms in total. The molecule has 34 heavy (non-hydrogen) atoms. The molecular weight excluding hydrogens is 435 g/mol. The molecule has 0 amide bonds. The minimum Gasteiger partial charge on any atom is -0.509 e. The number of aromatic nitrogens is 2. The fourth-order valence-electron chi connectivity index (χ4n) is 4.58. The molecule has 0 saturated carbocycles. The second kappa shape index (κ2) is 9.87. The minimum atomic E-state index is -2.61. The second-order valence-corrected chi connectivity index (χ2v) is 11.7. The maximum absolute atomic E-state index is 8.99. The average Bonchev–Trinajstić information content (AvgIpc) is 2.92. The lowest BCUT2D eigenvalue weighted by molar-refractivity contribution is 0.431. The van der Waals surface area contributed by atoms with Crippen LogP contribution in [0, 0.1) is 0 Å². The highest BCUT2D eigenvalue weighted by Gasteiger charge is 2.41. The fraction of sp³-hybridized carbons (Fsp3) is 0. The van der Waals surface area contributed by atoms with E-state index < -0.39 is 8.07 Å². The van der Waals surface area contributed by atoms with Crippen molar-refractivity contribution in [1.82, 2.24) is 9.97 Å². The van der Waals surface area contributed by atoms with Crippen LogP contribution in [-0.4, -0.2) is 30.8 Å². The molecule has 0 fully saturated rings. The summed E-state index contributed by atoms with van der Waals surface area (Å²) in [4.78, 5) is 8.52. The van der Waals surface area contributed by atoms with Crippen molar-refractivity contribution in [3.8, 4) is 17.3 Å². The van der Waals surface area contributed by atoms with Gasteiger partial charge in [-0.25, -0.2) is 4.98 Å². The van der Waals surface area contributed by atoms with E-state index in [0.717, 1.165) is 11.3 Å². The van der Waals surface area contributed by atoms with Crippen LogP contribution in [0.15, 0.2) is 128 Å². The van der Waals surface area contributed by atoms with E-state index in [1.807, 2.05) is 12.1 Å². The van der Waals surface area contributed by atoms with E-state index in [9.17, 15) is 0 Å². The second-order valence-electron chi connectivity index (χ2n) is 7.88. The first-order valence-corrected chi connectivity index (χ1v) is 13.1. The third-order valence-corrected chi connectivity index (χ3v) is 10.8. The summed E-state index contributed by atoms with van der Waals surface area (Å²) in [6.45, 7) is 0. The smallest absolute Gasteiger partial charge is 0.509 e. The molecule has 4 aromatic carbocycles. The summed E-state index contributed by atoms with van der Waals surface area (Å²) >= 11 is 0. The Labute approximate surface area is 200 Å². The third-order valence-electron chi connectivity index (χ3n) is 6.00. The molecule has 0 aliphatic heterocycles. The number of hydrogen-bond donors (Lipinski definition) is 1. The Morgan fingerprint density at radius 1 is 0.618 bits per heavy atom. The summed E-state index contributed by atoms with van der Waals surface area (Å²) in [5.74, 6) is 0. The van der Waals surface area contributed by atoms with Crippen LogP contribution in [0.4, 0.5) is 0 Å². The van der Waals surface area contributed by atoms with Crippen LogP contribution < -0.4 is 25.4 Å². The molecule has 0 aliphatic carbocycles. The van der Waals surface area contributed by atoms with Crippen molar-refractivity contribution in [3.05, 3.63) is 128 Å². The van der Waals surface area contributed by atoms with Gasteiger partial charge < -0.3 is 9.68 Å². The Morgan fingerprint density at radius 2 is 1.15 bits per heavy atom. The van der Waals surface area contributed by atoms with Gasteiger partial charge in [0, 0.05) is 11.8 Å². The third kappa shape index (κ3) is 4.05. The quantitative estimate of drug-likeness (QED) is 0.301. The summed E-state index contributed by atoms with van der Waals surface area (Å²) in [5, 5.41) is 14.2. The molecule has 1 heterocycles. The molecule has 163 valence electrons. The van der Waals surface area contributed by atoms with Gasteiger partial charge in [-0.2, -0.15) is 4.98 Å². The highest BCUT2D eigenvalue weighted by molar-refractivity contribution is 7.19. The molecule has 6 heteroatoms. The first kappa shape index (κ1) is 21.8. The zero-order valence-corrected chi connectivity index (χ0v) is 19.5. The average molecular weight is 457 g/mol. The molecule has 0 bridgehead atoms. The fourth-order valence-corrected chi connectivity index (χ4v) is 9.38. The van der Waals surface area contributed by atoms with Crippen molar-refractivity contribution < 1.29 is 9.68 Å². The number of rotatable bonds is 7. The molecule has 0 unspecified atom stereocenters. The van der Waals surface area contributed by atoms with Gasteiger partial charge in [-0.1, -0.05) is 115 Å². The van der Waals surface area contributed by atoms with Crippen LogP contribution in [0.5, 0.6) is 6.01 Å². The maximum atomic E-state index is 8.99. The van der Waals surface area contributed by atoms with Crippen molar-refractivity contribution in [2.45, 2.75) is 0 Å². The largest absolute Gasteiger partial charge is 0.571 e. The monoisotopic (exact) mass is 457 g/mol. The highest BCUT2D eigenvalue weighted by atomic mass is 28.3. The van der Waals surface area contributed by atoms with Crippen LogP contribution in [0.25, 0.3) is 11.3 Å². The lowest BCUT2D eigenvalue weighted by atomic mass is 10.1. The number of benzene rings is 4. The Morgan fingerprint density at radius 3 is 1.68 bits per heavy atom. The number of nitrogens with zero attached hydrogens (tertiary/aromatic N) is 2. The van der Waals surface area contributed by atoms with Gasteiger partial charge in [-0.05, 0) is 26.8 Å². The molecule has 5 aromatic rings. The van der Waals surface area contributed by atoms with Crippen LogP contribution in [0.1, 0.15) is 0 Å². The van der Waals surface area contributed by atoms with Crippen molar-refractivity contribution in [2.24, 2.45) is 0 Å². The molecular formula is C28H22BN2O2Si. The van der Waals surface area contributed by atoms with Gasteiger partial charge in [-0.3, -0.25) is 0 Å². The predicted molar refractivity (Wildman–Crippen MR) is 140 cm³/mol. The van der Waals surface area contributed by atoms with E-state index in [4.69, 9.17) is 9.68 Å². The van der Waals surface area contributed by atoms with Crippen molar-refractivity contribution in [2.75, 3.05) is 0 Å². The Kier molecular flexibility index (Phi) is 6.34. The van der Waals surface area contributed by atoms with E-state index in [2.05, 4.69) is 119 Å². The molecule has 1 N–H and O–H groups in total. The van der Waals surface area contributed by atoms with Gasteiger partial charge in [-0.15, -0.1) is 0 Å². The molecule has 0 spiro atoms. The lowest BCUT2D eigenvalue weighted by Crippen LogP contribution is -2.74. The van der Waals surface area contributed by atoms with Crippen LogP contribution in [-0.2, 0) is 0 Å². The summed E-state index contributed by atoms with van der Waals surface area (Å²) in [6.07, 6.45) is 1.63. The standard InChI is InChI=1S/C28H22BN2O2Si/c32-29-33-28-30-20-19-27(31-28)22-11-10-18-26(21-22)34(23-12-4-1-5-13-23,24-14-6-2-7-15-24)25-16-8-3-9-17-25/h1-21,32H. The zero-order valence-electron chi connectivity index (χ0n) is 18.5. The van der Waals surface area contributed by atoms with Gasteiger partial charge in [0.2, 0.25) is 0 Å². The normalized spacial score (nSPS) is 11.1.